The van der Waals surface area contributed by atoms with Gasteiger partial charge in [-0.1, -0.05) is 18.7 Å². The summed E-state index contributed by atoms with van der Waals surface area (Å²) in [5, 5.41) is 20.7. The maximum atomic E-state index is 13.3. The molecule has 0 spiro atoms. The molecule has 1 saturated heterocycles. The van der Waals surface area contributed by atoms with Crippen molar-refractivity contribution in [1.29, 1.82) is 0 Å². The van der Waals surface area contributed by atoms with Crippen LogP contribution in [-0.2, 0) is 37.2 Å². The van der Waals surface area contributed by atoms with Gasteiger partial charge in [0.2, 0.25) is 11.1 Å². The Labute approximate surface area is 189 Å². The highest BCUT2D eigenvalue weighted by Gasteiger charge is 2.70. The molecule has 2 amide bonds. The van der Waals surface area contributed by atoms with Gasteiger partial charge in [-0.25, -0.2) is 18.0 Å². The molecule has 0 bridgehead atoms. The van der Waals surface area contributed by atoms with E-state index in [1.807, 2.05) is 6.92 Å². The van der Waals surface area contributed by atoms with E-state index in [-0.39, 0.29) is 23.0 Å². The van der Waals surface area contributed by atoms with Crippen LogP contribution in [0.15, 0.2) is 16.4 Å². The zero-order valence-electron chi connectivity index (χ0n) is 17.3. The van der Waals surface area contributed by atoms with E-state index in [4.69, 9.17) is 4.74 Å². The van der Waals surface area contributed by atoms with Gasteiger partial charge >= 0.3 is 5.97 Å². The molecular formula is C16H22N6O6S3. The monoisotopic (exact) mass is 490 g/mol. The maximum Gasteiger partial charge on any atom is 0.352 e. The number of fused-ring (bicyclic) bond motifs is 1. The molecule has 1 aromatic rings. The lowest BCUT2D eigenvalue weighted by molar-refractivity contribution is -0.208. The predicted octanol–water partition coefficient (Wildman–Crippen LogP) is -0.179. The number of rotatable bonds is 9. The van der Waals surface area contributed by atoms with E-state index in [9.17, 15) is 23.7 Å². The zero-order chi connectivity index (χ0) is 22.9. The molecule has 1 fully saturated rings. The number of carboxylic acids is 1. The molecular weight excluding hydrogens is 468 g/mol. The first-order valence-electron chi connectivity index (χ1n) is 9.20. The third-order valence-corrected chi connectivity index (χ3v) is 8.88. The first-order valence-corrected chi connectivity index (χ1v) is 12.5. The van der Waals surface area contributed by atoms with Crippen molar-refractivity contribution in [2.24, 2.45) is 7.05 Å². The lowest BCUT2D eigenvalue weighted by Crippen LogP contribution is -2.81. The number of amides is 2. The number of hydrogen-bond acceptors (Lipinski definition) is 10. The number of thioether (sulfide) groups is 2. The molecule has 1 N–H and O–H groups in total. The molecule has 31 heavy (non-hydrogen) atoms. The van der Waals surface area contributed by atoms with Crippen molar-refractivity contribution in [3.05, 3.63) is 11.3 Å². The van der Waals surface area contributed by atoms with Crippen LogP contribution in [0.5, 0.6) is 0 Å². The minimum absolute atomic E-state index is 0.158. The van der Waals surface area contributed by atoms with Gasteiger partial charge in [0, 0.05) is 38.3 Å². The summed E-state index contributed by atoms with van der Waals surface area (Å²) in [6.45, 7) is 3.02. The van der Waals surface area contributed by atoms with Crippen LogP contribution in [0, 0.1) is 0 Å². The normalized spacial score (nSPS) is 23.9. The minimum Gasteiger partial charge on any atom is -0.477 e. The maximum absolute atomic E-state index is 13.3. The van der Waals surface area contributed by atoms with E-state index in [0.717, 1.165) is 9.21 Å². The fourth-order valence-corrected chi connectivity index (χ4v) is 7.34. The Bertz CT molecular complexity index is 967. The van der Waals surface area contributed by atoms with Crippen molar-refractivity contribution < 1.29 is 28.4 Å². The Hall–Kier alpha value is -1.97. The number of hydrogen-bond donors (Lipinski definition) is 1. The summed E-state index contributed by atoms with van der Waals surface area (Å²) in [5.74, 6) is -1.86. The number of aromatic nitrogens is 4. The van der Waals surface area contributed by atoms with Crippen LogP contribution in [0.25, 0.3) is 0 Å². The first kappa shape index (κ1) is 23.7. The average molecular weight is 491 g/mol. The van der Waals surface area contributed by atoms with Crippen LogP contribution >= 0.6 is 23.5 Å². The van der Waals surface area contributed by atoms with E-state index in [1.54, 1.807) is 7.05 Å². The first-order chi connectivity index (χ1) is 14.7. The summed E-state index contributed by atoms with van der Waals surface area (Å²) in [5.41, 5.74) is -1.46. The molecule has 0 aromatic carbocycles. The van der Waals surface area contributed by atoms with Crippen molar-refractivity contribution in [1.82, 2.24) is 29.4 Å². The number of carbonyl (C=O) groups is 3. The van der Waals surface area contributed by atoms with Gasteiger partial charge in [0.25, 0.3) is 11.6 Å². The Morgan fingerprint density at radius 3 is 2.71 bits per heavy atom. The molecule has 170 valence electrons. The summed E-state index contributed by atoms with van der Waals surface area (Å²) < 4.78 is 20.6. The average Bonchev–Trinajstić information content (AvgIpc) is 3.13. The van der Waals surface area contributed by atoms with Crippen LogP contribution in [0.2, 0.25) is 0 Å². The Balaban J connectivity index is 1.94. The molecule has 1 unspecified atom stereocenters. The number of aliphatic carboxylic acids is 1. The second kappa shape index (κ2) is 9.26. The molecule has 0 saturated carbocycles. The highest BCUT2D eigenvalue weighted by atomic mass is 32.2. The van der Waals surface area contributed by atoms with Crippen LogP contribution in [0.1, 0.15) is 20.3 Å². The third-order valence-electron chi connectivity index (χ3n) is 4.73. The molecule has 3 heterocycles. The lowest BCUT2D eigenvalue weighted by Gasteiger charge is -2.58. The molecule has 2 aliphatic heterocycles. The van der Waals surface area contributed by atoms with Gasteiger partial charge < -0.3 is 9.84 Å². The van der Waals surface area contributed by atoms with Gasteiger partial charge in [-0.15, -0.1) is 16.9 Å². The number of carbonyl (C=O) groups excluding carboxylic acids is 2. The van der Waals surface area contributed by atoms with Crippen molar-refractivity contribution in [3.8, 4) is 0 Å². The standard InChI is InChI=1S/C16H22N6O6S3/c1-5-6-31(27)22(9(2)23)16(28-4)13(26)21-11(12(24)25)10(7-29-14(16)21)8-30-15-17-18-19-20(15)3/h14H,5-8H2,1-4H3,(H,24,25)/t14-,16-,31?/m0/s1. The summed E-state index contributed by atoms with van der Waals surface area (Å²) in [4.78, 5) is 38.8. The Morgan fingerprint density at radius 1 is 1.48 bits per heavy atom. The number of methoxy groups -OCH3 is 1. The number of tetrazole rings is 1. The number of ether oxygens (including phenoxy) is 1. The van der Waals surface area contributed by atoms with E-state index < -0.39 is 39.9 Å². The highest BCUT2D eigenvalue weighted by molar-refractivity contribution is 8.01. The van der Waals surface area contributed by atoms with Gasteiger partial charge in [-0.2, -0.15) is 0 Å². The molecule has 15 heteroatoms. The van der Waals surface area contributed by atoms with E-state index >= 15 is 0 Å². The van der Waals surface area contributed by atoms with Crippen molar-refractivity contribution in [2.45, 2.75) is 36.5 Å². The fourth-order valence-electron chi connectivity index (χ4n) is 3.43. The molecule has 0 aliphatic carbocycles. The van der Waals surface area contributed by atoms with Gasteiger partial charge in [0.1, 0.15) is 22.1 Å². The summed E-state index contributed by atoms with van der Waals surface area (Å²) in [6, 6.07) is 0. The zero-order valence-corrected chi connectivity index (χ0v) is 19.8. The van der Waals surface area contributed by atoms with Gasteiger partial charge in [-0.3, -0.25) is 14.5 Å². The van der Waals surface area contributed by atoms with E-state index in [1.165, 1.54) is 42.2 Å². The second-order valence-corrected chi connectivity index (χ2v) is 10.1. The predicted molar refractivity (Wildman–Crippen MR) is 113 cm³/mol. The Kier molecular flexibility index (Phi) is 7.08. The van der Waals surface area contributed by atoms with Crippen LogP contribution in [0.4, 0.5) is 0 Å². The van der Waals surface area contributed by atoms with E-state index in [0.29, 0.717) is 17.2 Å². The van der Waals surface area contributed by atoms with Crippen molar-refractivity contribution in [3.63, 3.8) is 0 Å². The van der Waals surface area contributed by atoms with Crippen LogP contribution < -0.4 is 0 Å². The molecule has 3 atom stereocenters. The summed E-state index contributed by atoms with van der Waals surface area (Å²) in [7, 11) is 1.13. The highest BCUT2D eigenvalue weighted by Crippen LogP contribution is 2.50. The molecule has 0 radical (unpaired) electrons. The summed E-state index contributed by atoms with van der Waals surface area (Å²) in [6.07, 6.45) is 0.532. The number of β-lactam (4-membered cyclic amide) rings is 1. The van der Waals surface area contributed by atoms with Crippen LogP contribution in [-0.4, -0.2) is 92.0 Å². The van der Waals surface area contributed by atoms with Crippen molar-refractivity contribution in [2.75, 3.05) is 24.4 Å². The number of carboxylic acid groups (broad SMARTS) is 1. The third kappa shape index (κ3) is 3.87. The van der Waals surface area contributed by atoms with Crippen LogP contribution in [0.3, 0.4) is 0 Å². The van der Waals surface area contributed by atoms with Gasteiger partial charge in [0.05, 0.1) is 0 Å². The molecule has 3 rings (SSSR count). The summed E-state index contributed by atoms with van der Waals surface area (Å²) >= 11 is 2.51. The lowest BCUT2D eigenvalue weighted by atomic mass is 9.98. The number of aryl methyl sites for hydroxylation is 1. The molecule has 2 aliphatic rings. The second-order valence-electron chi connectivity index (χ2n) is 6.71. The quantitative estimate of drug-likeness (QED) is 0.279. The minimum atomic E-state index is -1.82. The molecule has 1 aromatic heterocycles. The molecule has 12 nitrogen and oxygen atoms in total. The van der Waals surface area contributed by atoms with E-state index in [2.05, 4.69) is 15.5 Å². The number of nitrogens with zero attached hydrogens (tertiary/aromatic N) is 6. The Morgan fingerprint density at radius 2 is 2.19 bits per heavy atom. The topological polar surface area (TPSA) is 148 Å². The van der Waals surface area contributed by atoms with Gasteiger partial charge in [-0.05, 0) is 22.4 Å². The van der Waals surface area contributed by atoms with Crippen molar-refractivity contribution >= 4 is 52.3 Å². The van der Waals surface area contributed by atoms with Gasteiger partial charge in [0.15, 0.2) is 0 Å². The largest absolute Gasteiger partial charge is 0.477 e. The smallest absolute Gasteiger partial charge is 0.352 e. The SMILES string of the molecule is CCCS(=O)N(C(C)=O)[C@]1(OC)C(=O)N2C(C(=O)O)=C(CSc3nnnn3C)CS[C@H]21. The fraction of sp³-hybridized carbons (Fsp3) is 0.625.